The summed E-state index contributed by atoms with van der Waals surface area (Å²) in [4.78, 5) is 27.8. The molecule has 3 rings (SSSR count). The lowest BCUT2D eigenvalue weighted by molar-refractivity contribution is -0.139. The number of aryl methyl sites for hydroxylation is 1. The van der Waals surface area contributed by atoms with Crippen LogP contribution in [-0.4, -0.2) is 66.1 Å². The molecule has 0 saturated heterocycles. The lowest BCUT2D eigenvalue weighted by Gasteiger charge is -2.32. The number of nitrogens with one attached hydrogen (secondary N) is 1. The van der Waals surface area contributed by atoms with E-state index in [2.05, 4.69) is 5.32 Å². The highest BCUT2D eigenvalue weighted by atomic mass is 35.5. The summed E-state index contributed by atoms with van der Waals surface area (Å²) in [7, 11) is 1.27. The molecular formula is C29H34ClN3O7S. The molecule has 12 heteroatoms. The van der Waals surface area contributed by atoms with Crippen LogP contribution < -0.4 is 23.8 Å². The molecule has 0 fully saturated rings. The number of amides is 2. The molecule has 0 spiro atoms. The van der Waals surface area contributed by atoms with E-state index in [4.69, 9.17) is 25.8 Å². The van der Waals surface area contributed by atoms with Gasteiger partial charge in [0, 0.05) is 24.7 Å². The highest BCUT2D eigenvalue weighted by Gasteiger charge is 2.34. The van der Waals surface area contributed by atoms with E-state index < -0.39 is 34.4 Å². The van der Waals surface area contributed by atoms with Crippen LogP contribution in [0, 0.1) is 6.92 Å². The van der Waals surface area contributed by atoms with Crippen molar-refractivity contribution in [2.75, 3.05) is 39.2 Å². The van der Waals surface area contributed by atoms with Gasteiger partial charge in [0.15, 0.2) is 11.5 Å². The third kappa shape index (κ3) is 7.22. The van der Waals surface area contributed by atoms with Gasteiger partial charge in [-0.1, -0.05) is 41.4 Å². The van der Waals surface area contributed by atoms with Crippen molar-refractivity contribution in [3.8, 4) is 17.2 Å². The Hall–Kier alpha value is -3.96. The maximum atomic E-state index is 14.2. The van der Waals surface area contributed by atoms with Gasteiger partial charge in [-0.25, -0.2) is 8.42 Å². The fourth-order valence-electron chi connectivity index (χ4n) is 4.16. The third-order valence-electron chi connectivity index (χ3n) is 6.52. The average molecular weight is 604 g/mol. The van der Waals surface area contributed by atoms with Crippen LogP contribution in [0.15, 0.2) is 65.6 Å². The first-order valence-electron chi connectivity index (χ1n) is 12.6. The average Bonchev–Trinajstić information content (AvgIpc) is 2.98. The first-order valence-corrected chi connectivity index (χ1v) is 14.4. The Kier molecular flexibility index (Phi) is 10.5. The number of sulfonamides is 1. The standard InChI is InChI=1S/C29H34ClN3O7S/c1-19-7-9-21(10-8-19)17-32(20(2)29(35)31-3)28(34)18-33(24-15-22(30)11-13-25(24)38-4)41(36,37)23-12-14-26(39-5)27(16-23)40-6/h7-16,20H,17-18H2,1-6H3,(H,31,35)/t20-/m1/s1. The maximum Gasteiger partial charge on any atom is 0.265 e. The summed E-state index contributed by atoms with van der Waals surface area (Å²) in [5.41, 5.74) is 1.85. The molecule has 0 aliphatic carbocycles. The molecule has 0 aliphatic rings. The second kappa shape index (κ2) is 13.6. The van der Waals surface area contributed by atoms with Crippen LogP contribution >= 0.6 is 11.6 Å². The van der Waals surface area contributed by atoms with Crippen molar-refractivity contribution in [1.82, 2.24) is 10.2 Å². The van der Waals surface area contributed by atoms with Crippen molar-refractivity contribution in [2.45, 2.75) is 31.3 Å². The number of ether oxygens (including phenoxy) is 3. The number of hydrogen-bond acceptors (Lipinski definition) is 7. The Morgan fingerprint density at radius 2 is 1.51 bits per heavy atom. The molecule has 220 valence electrons. The molecule has 3 aromatic carbocycles. The zero-order chi connectivity index (χ0) is 30.3. The molecule has 0 aliphatic heterocycles. The van der Waals surface area contributed by atoms with Gasteiger partial charge < -0.3 is 24.4 Å². The molecule has 0 heterocycles. The van der Waals surface area contributed by atoms with E-state index in [0.717, 1.165) is 15.4 Å². The zero-order valence-electron chi connectivity index (χ0n) is 23.8. The number of hydrogen-bond donors (Lipinski definition) is 1. The molecule has 1 N–H and O–H groups in total. The van der Waals surface area contributed by atoms with Gasteiger partial charge in [0.25, 0.3) is 10.0 Å². The van der Waals surface area contributed by atoms with Crippen LogP contribution in [-0.2, 0) is 26.2 Å². The molecule has 1 atom stereocenters. The number of carbonyl (C=O) groups is 2. The summed E-state index contributed by atoms with van der Waals surface area (Å²) in [6.45, 7) is 2.94. The molecule has 0 radical (unpaired) electrons. The third-order valence-corrected chi connectivity index (χ3v) is 8.51. The number of halogens is 1. The predicted octanol–water partition coefficient (Wildman–Crippen LogP) is 4.03. The van der Waals surface area contributed by atoms with Crippen molar-refractivity contribution in [1.29, 1.82) is 0 Å². The summed E-state index contributed by atoms with van der Waals surface area (Å²) in [5, 5.41) is 2.79. The Morgan fingerprint density at radius 1 is 0.902 bits per heavy atom. The summed E-state index contributed by atoms with van der Waals surface area (Å²) in [6, 6.07) is 15.2. The predicted molar refractivity (Wildman–Crippen MR) is 157 cm³/mol. The van der Waals surface area contributed by atoms with Crippen molar-refractivity contribution in [3.05, 3.63) is 76.8 Å². The van der Waals surface area contributed by atoms with Gasteiger partial charge in [0.1, 0.15) is 18.3 Å². The molecule has 0 saturated carbocycles. The Morgan fingerprint density at radius 3 is 2.10 bits per heavy atom. The number of benzene rings is 3. The van der Waals surface area contributed by atoms with Gasteiger partial charge in [0.2, 0.25) is 11.8 Å². The fourth-order valence-corrected chi connectivity index (χ4v) is 5.76. The lowest BCUT2D eigenvalue weighted by atomic mass is 10.1. The summed E-state index contributed by atoms with van der Waals surface area (Å²) in [6.07, 6.45) is 0. The van der Waals surface area contributed by atoms with Gasteiger partial charge in [-0.2, -0.15) is 0 Å². The smallest absolute Gasteiger partial charge is 0.265 e. The second-order valence-electron chi connectivity index (χ2n) is 9.14. The normalized spacial score (nSPS) is 11.8. The van der Waals surface area contributed by atoms with E-state index in [9.17, 15) is 18.0 Å². The van der Waals surface area contributed by atoms with Crippen LogP contribution in [0.25, 0.3) is 0 Å². The number of rotatable bonds is 12. The van der Waals surface area contributed by atoms with Crippen LogP contribution in [0.4, 0.5) is 5.69 Å². The number of anilines is 1. The highest BCUT2D eigenvalue weighted by molar-refractivity contribution is 7.92. The van der Waals surface area contributed by atoms with Crippen LogP contribution in [0.5, 0.6) is 17.2 Å². The Balaban J connectivity index is 2.14. The molecule has 41 heavy (non-hydrogen) atoms. The molecular weight excluding hydrogens is 570 g/mol. The quantitative estimate of drug-likeness (QED) is 0.332. The van der Waals surface area contributed by atoms with Gasteiger partial charge >= 0.3 is 0 Å². The van der Waals surface area contributed by atoms with E-state index >= 15 is 0 Å². The molecule has 0 unspecified atom stereocenters. The van der Waals surface area contributed by atoms with Crippen molar-refractivity contribution >= 4 is 39.1 Å². The van der Waals surface area contributed by atoms with Crippen LogP contribution in [0.1, 0.15) is 18.1 Å². The molecule has 10 nitrogen and oxygen atoms in total. The Bertz CT molecular complexity index is 1500. The van der Waals surface area contributed by atoms with E-state index in [1.807, 2.05) is 31.2 Å². The minimum atomic E-state index is -4.41. The SMILES string of the molecule is CNC(=O)[C@@H](C)N(Cc1ccc(C)cc1)C(=O)CN(c1cc(Cl)ccc1OC)S(=O)(=O)c1ccc(OC)c(OC)c1. The van der Waals surface area contributed by atoms with Gasteiger partial charge in [-0.3, -0.25) is 13.9 Å². The second-order valence-corrected chi connectivity index (χ2v) is 11.4. The number of likely N-dealkylation sites (N-methyl/N-ethyl adjacent to an activating group) is 1. The van der Waals surface area contributed by atoms with E-state index in [0.29, 0.717) is 5.75 Å². The number of carbonyl (C=O) groups excluding carboxylic acids is 2. The highest BCUT2D eigenvalue weighted by Crippen LogP contribution is 2.37. The lowest BCUT2D eigenvalue weighted by Crippen LogP contribution is -2.50. The van der Waals surface area contributed by atoms with Crippen molar-refractivity contribution < 1.29 is 32.2 Å². The van der Waals surface area contributed by atoms with Gasteiger partial charge in [0.05, 0.1) is 31.9 Å². The largest absolute Gasteiger partial charge is 0.495 e. The number of methoxy groups -OCH3 is 3. The van der Waals surface area contributed by atoms with Crippen LogP contribution in [0.3, 0.4) is 0 Å². The molecule has 0 bridgehead atoms. The van der Waals surface area contributed by atoms with Gasteiger partial charge in [-0.05, 0) is 49.7 Å². The topological polar surface area (TPSA) is 114 Å². The van der Waals surface area contributed by atoms with Crippen molar-refractivity contribution in [2.24, 2.45) is 0 Å². The summed E-state index contributed by atoms with van der Waals surface area (Å²) < 4.78 is 45.3. The fraction of sp³-hybridized carbons (Fsp3) is 0.310. The minimum Gasteiger partial charge on any atom is -0.495 e. The van der Waals surface area contributed by atoms with Gasteiger partial charge in [-0.15, -0.1) is 0 Å². The number of nitrogens with zero attached hydrogens (tertiary/aromatic N) is 2. The summed E-state index contributed by atoms with van der Waals surface area (Å²) in [5.74, 6) is -0.325. The first-order chi connectivity index (χ1) is 19.5. The van der Waals surface area contributed by atoms with E-state index in [1.54, 1.807) is 13.0 Å². The molecule has 0 aromatic heterocycles. The van der Waals surface area contributed by atoms with Crippen molar-refractivity contribution in [3.63, 3.8) is 0 Å². The summed E-state index contributed by atoms with van der Waals surface area (Å²) >= 11 is 6.27. The first kappa shape index (κ1) is 31.6. The molecule has 3 aromatic rings. The van der Waals surface area contributed by atoms with E-state index in [-0.39, 0.29) is 33.6 Å². The Labute approximate surface area is 245 Å². The monoisotopic (exact) mass is 603 g/mol. The maximum absolute atomic E-state index is 14.2. The van der Waals surface area contributed by atoms with E-state index in [1.165, 1.54) is 63.6 Å². The van der Waals surface area contributed by atoms with Crippen LogP contribution in [0.2, 0.25) is 5.02 Å². The molecule has 2 amide bonds. The zero-order valence-corrected chi connectivity index (χ0v) is 25.4. The minimum absolute atomic E-state index is 0.0472.